The number of nitrogens with zero attached hydrogens (tertiary/aromatic N) is 2. The lowest BCUT2D eigenvalue weighted by Crippen LogP contribution is -2.46. The molecule has 1 aromatic rings. The molecule has 1 N–H and O–H groups in total. The first-order valence-corrected chi connectivity index (χ1v) is 7.84. The van der Waals surface area contributed by atoms with Crippen LogP contribution in [0.2, 0.25) is 0 Å². The molecule has 1 aliphatic rings. The number of hydrogen-bond donors (Lipinski definition) is 1. The Morgan fingerprint density at radius 3 is 3.09 bits per heavy atom. The van der Waals surface area contributed by atoms with Crippen LogP contribution >= 0.6 is 24.0 Å². The summed E-state index contributed by atoms with van der Waals surface area (Å²) >= 11 is 0. The summed E-state index contributed by atoms with van der Waals surface area (Å²) in [7, 11) is 1.71. The second-order valence-corrected chi connectivity index (χ2v) is 5.65. The standard InChI is InChI=1S/C16H27N3O2.HI/c1-14-5-3-10-19(13-14)16(18-9-12-20-2)17-8-7-15-6-4-11-21-15;/h4,6,11,14H,3,5,7-10,12-13H2,1-2H3,(H,17,18);1H. The van der Waals surface area contributed by atoms with Gasteiger partial charge < -0.3 is 19.4 Å². The number of hydrogen-bond acceptors (Lipinski definition) is 3. The average molecular weight is 421 g/mol. The quantitative estimate of drug-likeness (QED) is 0.332. The maximum Gasteiger partial charge on any atom is 0.194 e. The molecule has 2 heterocycles. The molecular weight excluding hydrogens is 393 g/mol. The average Bonchev–Trinajstić information content (AvgIpc) is 2.99. The van der Waals surface area contributed by atoms with E-state index in [2.05, 4.69) is 22.1 Å². The first kappa shape index (κ1) is 19.3. The van der Waals surface area contributed by atoms with Gasteiger partial charge in [-0.3, -0.25) is 4.99 Å². The van der Waals surface area contributed by atoms with Gasteiger partial charge in [0, 0.05) is 33.2 Å². The summed E-state index contributed by atoms with van der Waals surface area (Å²) in [5.74, 6) is 2.74. The lowest BCUT2D eigenvalue weighted by molar-refractivity contribution is 0.206. The fraction of sp³-hybridized carbons (Fsp3) is 0.688. The Kier molecular flexibility index (Phi) is 9.54. The first-order valence-electron chi connectivity index (χ1n) is 7.84. The maximum absolute atomic E-state index is 5.36. The number of nitrogens with one attached hydrogen (secondary N) is 1. The van der Waals surface area contributed by atoms with Gasteiger partial charge in [-0.2, -0.15) is 0 Å². The van der Waals surface area contributed by atoms with Crippen molar-refractivity contribution in [2.75, 3.05) is 39.9 Å². The van der Waals surface area contributed by atoms with Crippen LogP contribution in [0.1, 0.15) is 25.5 Å². The molecule has 1 fully saturated rings. The predicted octanol–water partition coefficient (Wildman–Crippen LogP) is 2.76. The largest absolute Gasteiger partial charge is 0.469 e. The molecule has 0 aromatic carbocycles. The lowest BCUT2D eigenvalue weighted by atomic mass is 10.0. The van der Waals surface area contributed by atoms with E-state index < -0.39 is 0 Å². The highest BCUT2D eigenvalue weighted by Crippen LogP contribution is 2.15. The van der Waals surface area contributed by atoms with Crippen LogP contribution in [-0.2, 0) is 11.2 Å². The second-order valence-electron chi connectivity index (χ2n) is 5.65. The number of rotatable bonds is 6. The van der Waals surface area contributed by atoms with E-state index in [0.29, 0.717) is 13.2 Å². The van der Waals surface area contributed by atoms with Gasteiger partial charge in [0.05, 0.1) is 19.4 Å². The fourth-order valence-electron chi connectivity index (χ4n) is 2.64. The van der Waals surface area contributed by atoms with Gasteiger partial charge >= 0.3 is 0 Å². The fourth-order valence-corrected chi connectivity index (χ4v) is 2.64. The third kappa shape index (κ3) is 6.56. The summed E-state index contributed by atoms with van der Waals surface area (Å²) in [6, 6.07) is 3.93. The van der Waals surface area contributed by atoms with Crippen LogP contribution in [0.25, 0.3) is 0 Å². The molecule has 22 heavy (non-hydrogen) atoms. The van der Waals surface area contributed by atoms with Crippen molar-refractivity contribution >= 4 is 29.9 Å². The van der Waals surface area contributed by atoms with Crippen LogP contribution < -0.4 is 5.32 Å². The van der Waals surface area contributed by atoms with Crippen molar-refractivity contribution in [3.05, 3.63) is 24.2 Å². The SMILES string of the molecule is COCCN=C(NCCc1ccco1)N1CCCC(C)C1.I. The van der Waals surface area contributed by atoms with E-state index >= 15 is 0 Å². The van der Waals surface area contributed by atoms with Gasteiger partial charge in [-0.05, 0) is 30.9 Å². The molecule has 1 aliphatic heterocycles. The monoisotopic (exact) mass is 421 g/mol. The zero-order valence-corrected chi connectivity index (χ0v) is 15.9. The van der Waals surface area contributed by atoms with Crippen LogP contribution in [0.4, 0.5) is 0 Å². The Morgan fingerprint density at radius 2 is 2.41 bits per heavy atom. The van der Waals surface area contributed by atoms with E-state index in [4.69, 9.17) is 9.15 Å². The van der Waals surface area contributed by atoms with Crippen molar-refractivity contribution in [1.82, 2.24) is 10.2 Å². The number of aliphatic imine (C=N–C) groups is 1. The third-order valence-electron chi connectivity index (χ3n) is 3.75. The molecule has 2 rings (SSSR count). The highest BCUT2D eigenvalue weighted by molar-refractivity contribution is 14.0. The van der Waals surface area contributed by atoms with E-state index in [1.165, 1.54) is 12.8 Å². The van der Waals surface area contributed by atoms with Crippen molar-refractivity contribution in [3.8, 4) is 0 Å². The molecule has 6 heteroatoms. The normalized spacial score (nSPS) is 18.9. The lowest BCUT2D eigenvalue weighted by Gasteiger charge is -2.33. The summed E-state index contributed by atoms with van der Waals surface area (Å²) in [5.41, 5.74) is 0. The molecule has 1 unspecified atom stereocenters. The number of guanidine groups is 1. The van der Waals surface area contributed by atoms with Crippen molar-refractivity contribution in [2.24, 2.45) is 10.9 Å². The summed E-state index contributed by atoms with van der Waals surface area (Å²) in [4.78, 5) is 7.03. The van der Waals surface area contributed by atoms with Crippen molar-refractivity contribution in [1.29, 1.82) is 0 Å². The minimum atomic E-state index is 0. The zero-order valence-electron chi connectivity index (χ0n) is 13.6. The summed E-state index contributed by atoms with van der Waals surface area (Å²) in [5, 5.41) is 3.47. The number of halogens is 1. The molecule has 0 amide bonds. The van der Waals surface area contributed by atoms with Crippen LogP contribution in [0.15, 0.2) is 27.8 Å². The number of methoxy groups -OCH3 is 1. The Bertz CT molecular complexity index is 423. The summed E-state index contributed by atoms with van der Waals surface area (Å²) < 4.78 is 10.5. The van der Waals surface area contributed by atoms with E-state index in [1.807, 2.05) is 12.1 Å². The van der Waals surface area contributed by atoms with Gasteiger partial charge in [0.1, 0.15) is 5.76 Å². The van der Waals surface area contributed by atoms with Gasteiger partial charge in [-0.25, -0.2) is 0 Å². The molecule has 1 aromatic heterocycles. The number of likely N-dealkylation sites (tertiary alicyclic amines) is 1. The number of piperidine rings is 1. The van der Waals surface area contributed by atoms with Crippen LogP contribution in [-0.4, -0.2) is 50.8 Å². The van der Waals surface area contributed by atoms with Gasteiger partial charge in [0.25, 0.3) is 0 Å². The molecule has 126 valence electrons. The molecule has 0 bridgehead atoms. The zero-order chi connectivity index (χ0) is 14.9. The maximum atomic E-state index is 5.36. The van der Waals surface area contributed by atoms with Crippen molar-refractivity contribution in [2.45, 2.75) is 26.2 Å². The summed E-state index contributed by atoms with van der Waals surface area (Å²) in [6.07, 6.45) is 5.15. The topological polar surface area (TPSA) is 50.0 Å². The van der Waals surface area contributed by atoms with Crippen LogP contribution in [0, 0.1) is 5.92 Å². The van der Waals surface area contributed by atoms with Crippen molar-refractivity contribution in [3.63, 3.8) is 0 Å². The van der Waals surface area contributed by atoms with Gasteiger partial charge in [0.2, 0.25) is 0 Å². The van der Waals surface area contributed by atoms with Crippen LogP contribution in [0.5, 0.6) is 0 Å². The molecule has 0 saturated carbocycles. The summed E-state index contributed by atoms with van der Waals surface area (Å²) in [6.45, 7) is 6.67. The second kappa shape index (κ2) is 10.9. The van der Waals surface area contributed by atoms with Gasteiger partial charge in [-0.15, -0.1) is 24.0 Å². The molecular formula is C16H28IN3O2. The number of ether oxygens (including phenoxy) is 1. The van der Waals surface area contributed by atoms with Crippen LogP contribution in [0.3, 0.4) is 0 Å². The highest BCUT2D eigenvalue weighted by Gasteiger charge is 2.19. The highest BCUT2D eigenvalue weighted by atomic mass is 127. The molecule has 1 atom stereocenters. The molecule has 0 spiro atoms. The van der Waals surface area contributed by atoms with E-state index in [1.54, 1.807) is 13.4 Å². The minimum Gasteiger partial charge on any atom is -0.469 e. The smallest absolute Gasteiger partial charge is 0.194 e. The van der Waals surface area contributed by atoms with E-state index in [-0.39, 0.29) is 24.0 Å². The Labute approximate surface area is 150 Å². The molecule has 5 nitrogen and oxygen atoms in total. The Balaban J connectivity index is 0.00000242. The van der Waals surface area contributed by atoms with E-state index in [0.717, 1.165) is 43.7 Å². The molecule has 0 radical (unpaired) electrons. The third-order valence-corrected chi connectivity index (χ3v) is 3.75. The first-order chi connectivity index (χ1) is 10.3. The van der Waals surface area contributed by atoms with E-state index in [9.17, 15) is 0 Å². The predicted molar refractivity (Wildman–Crippen MR) is 100.0 cm³/mol. The van der Waals surface area contributed by atoms with Gasteiger partial charge in [-0.1, -0.05) is 6.92 Å². The molecule has 1 saturated heterocycles. The Hall–Kier alpha value is -0.760. The Morgan fingerprint density at radius 1 is 1.55 bits per heavy atom. The van der Waals surface area contributed by atoms with Crippen molar-refractivity contribution < 1.29 is 9.15 Å². The molecule has 0 aliphatic carbocycles. The van der Waals surface area contributed by atoms with Gasteiger partial charge in [0.15, 0.2) is 5.96 Å². The minimum absolute atomic E-state index is 0. The number of furan rings is 1.